The van der Waals surface area contributed by atoms with Gasteiger partial charge in [-0.25, -0.2) is 0 Å². The van der Waals surface area contributed by atoms with Crippen LogP contribution in [0.2, 0.25) is 0 Å². The lowest BCUT2D eigenvalue weighted by molar-refractivity contribution is -0.0906. The van der Waals surface area contributed by atoms with E-state index >= 15 is 0 Å². The van der Waals surface area contributed by atoms with E-state index in [1.165, 1.54) is 6.08 Å². The molecule has 0 aliphatic heterocycles. The number of aliphatic hydroxyl groups is 3. The number of hydrogen-bond donors (Lipinski definition) is 3. The molecule has 0 heterocycles. The van der Waals surface area contributed by atoms with Crippen LogP contribution in [-0.4, -0.2) is 26.7 Å². The van der Waals surface area contributed by atoms with E-state index in [2.05, 4.69) is 18.4 Å². The molecule has 17 heavy (non-hydrogen) atoms. The molecule has 0 aromatic heterocycles. The summed E-state index contributed by atoms with van der Waals surface area (Å²) in [6, 6.07) is 0. The van der Waals surface area contributed by atoms with Gasteiger partial charge in [0, 0.05) is 0 Å². The van der Waals surface area contributed by atoms with E-state index in [0.717, 1.165) is 0 Å². The second-order valence-corrected chi connectivity index (χ2v) is 4.54. The van der Waals surface area contributed by atoms with Crippen molar-refractivity contribution in [2.75, 3.05) is 0 Å². The Hall–Kier alpha value is -1.34. The van der Waals surface area contributed by atoms with Gasteiger partial charge >= 0.3 is 0 Å². The fraction of sp³-hybridized carbons (Fsp3) is 0.429. The third-order valence-corrected chi connectivity index (χ3v) is 3.10. The summed E-state index contributed by atoms with van der Waals surface area (Å²) in [5, 5.41) is 30.0. The molecular formula is C14H18O3. The molecule has 0 aromatic rings. The summed E-state index contributed by atoms with van der Waals surface area (Å²) >= 11 is 0. The van der Waals surface area contributed by atoms with Crippen LogP contribution in [0.1, 0.15) is 27.7 Å². The predicted octanol–water partition coefficient (Wildman–Crippen LogP) is 1.27. The minimum Gasteiger partial charge on any atom is -0.370 e. The van der Waals surface area contributed by atoms with Crippen molar-refractivity contribution in [3.63, 3.8) is 0 Å². The quantitative estimate of drug-likeness (QED) is 0.336. The zero-order chi connectivity index (χ0) is 13.4. The third-order valence-electron chi connectivity index (χ3n) is 3.10. The van der Waals surface area contributed by atoms with Crippen molar-refractivity contribution in [2.24, 2.45) is 0 Å². The summed E-state index contributed by atoms with van der Waals surface area (Å²) in [5.74, 6) is 3.45. The average Bonchev–Trinajstić information content (AvgIpc) is 2.21. The Bertz CT molecular complexity index is 483. The summed E-state index contributed by atoms with van der Waals surface area (Å²) in [6.45, 7) is 10.2. The van der Waals surface area contributed by atoms with Crippen molar-refractivity contribution in [1.82, 2.24) is 0 Å². The Kier molecular flexibility index (Phi) is 3.35. The zero-order valence-electron chi connectivity index (χ0n) is 10.6. The first-order valence-corrected chi connectivity index (χ1v) is 5.35. The van der Waals surface area contributed by atoms with Gasteiger partial charge in [-0.05, 0) is 56.1 Å². The molecule has 0 fully saturated rings. The van der Waals surface area contributed by atoms with Crippen LogP contribution in [0, 0.1) is 11.8 Å². The van der Waals surface area contributed by atoms with Gasteiger partial charge in [-0.15, -0.1) is 0 Å². The maximum absolute atomic E-state index is 10.5. The maximum Gasteiger partial charge on any atom is 0.206 e. The van der Waals surface area contributed by atoms with Crippen molar-refractivity contribution in [3.8, 4) is 11.8 Å². The molecule has 1 aliphatic carbocycles. The Balaban J connectivity index is 3.38. The van der Waals surface area contributed by atoms with Crippen LogP contribution >= 0.6 is 0 Å². The molecule has 1 atom stereocenters. The lowest BCUT2D eigenvalue weighted by Gasteiger charge is -2.35. The summed E-state index contributed by atoms with van der Waals surface area (Å²) in [6.07, 6.45) is 1.21. The van der Waals surface area contributed by atoms with Gasteiger partial charge in [-0.1, -0.05) is 18.4 Å². The Morgan fingerprint density at radius 2 is 1.71 bits per heavy atom. The lowest BCUT2D eigenvalue weighted by Crippen LogP contribution is -2.41. The monoisotopic (exact) mass is 234 g/mol. The molecule has 3 N–H and O–H groups in total. The predicted molar refractivity (Wildman–Crippen MR) is 66.8 cm³/mol. The molecule has 3 nitrogen and oxygen atoms in total. The molecule has 1 rings (SSSR count). The maximum atomic E-state index is 10.5. The van der Waals surface area contributed by atoms with Gasteiger partial charge in [-0.3, -0.25) is 0 Å². The van der Waals surface area contributed by atoms with Crippen LogP contribution in [0.4, 0.5) is 0 Å². The highest BCUT2D eigenvalue weighted by atomic mass is 16.5. The van der Waals surface area contributed by atoms with E-state index in [1.807, 2.05) is 0 Å². The van der Waals surface area contributed by atoms with Crippen molar-refractivity contribution in [1.29, 1.82) is 0 Å². The fourth-order valence-electron chi connectivity index (χ4n) is 1.75. The number of hydrogen-bond acceptors (Lipinski definition) is 3. The minimum absolute atomic E-state index is 0.293. The largest absolute Gasteiger partial charge is 0.370 e. The normalized spacial score (nSPS) is 27.1. The minimum atomic E-state index is -2.01. The Morgan fingerprint density at radius 1 is 1.18 bits per heavy atom. The number of rotatable bonds is 0. The van der Waals surface area contributed by atoms with Gasteiger partial charge in [-0.2, -0.15) is 0 Å². The first-order valence-electron chi connectivity index (χ1n) is 5.35. The lowest BCUT2D eigenvalue weighted by atomic mass is 9.77. The van der Waals surface area contributed by atoms with E-state index in [-0.39, 0.29) is 0 Å². The zero-order valence-corrected chi connectivity index (χ0v) is 10.6. The molecule has 0 spiro atoms. The van der Waals surface area contributed by atoms with E-state index in [4.69, 9.17) is 0 Å². The van der Waals surface area contributed by atoms with Crippen molar-refractivity contribution in [2.45, 2.75) is 39.1 Å². The van der Waals surface area contributed by atoms with Crippen LogP contribution in [0.15, 0.2) is 34.9 Å². The highest BCUT2D eigenvalue weighted by Crippen LogP contribution is 2.37. The number of allylic oxidation sites excluding steroid dienone is 1. The van der Waals surface area contributed by atoms with Crippen molar-refractivity contribution >= 4 is 0 Å². The highest BCUT2D eigenvalue weighted by Gasteiger charge is 2.41. The van der Waals surface area contributed by atoms with Gasteiger partial charge in [0.15, 0.2) is 5.60 Å². The smallest absolute Gasteiger partial charge is 0.206 e. The van der Waals surface area contributed by atoms with E-state index in [1.54, 1.807) is 27.7 Å². The van der Waals surface area contributed by atoms with Crippen LogP contribution in [0.3, 0.4) is 0 Å². The standard InChI is InChI=1S/C14H18O3/c1-9(2)6-7-13(15)10(3)8-14(16,17)12(5)11(13)4/h8,15-17H,1H2,2-5H3. The van der Waals surface area contributed by atoms with Crippen LogP contribution in [-0.2, 0) is 0 Å². The van der Waals surface area contributed by atoms with Crippen LogP contribution in [0.25, 0.3) is 0 Å². The molecule has 0 saturated heterocycles. The molecule has 0 bridgehead atoms. The highest BCUT2D eigenvalue weighted by molar-refractivity contribution is 5.51. The fourth-order valence-corrected chi connectivity index (χ4v) is 1.75. The molecule has 92 valence electrons. The second kappa shape index (κ2) is 4.15. The molecule has 0 saturated carbocycles. The van der Waals surface area contributed by atoms with Crippen LogP contribution in [0.5, 0.6) is 0 Å². The van der Waals surface area contributed by atoms with Gasteiger partial charge in [0.2, 0.25) is 5.79 Å². The van der Waals surface area contributed by atoms with Gasteiger partial charge < -0.3 is 15.3 Å². The summed E-state index contributed by atoms with van der Waals surface area (Å²) < 4.78 is 0. The Labute approximate surface area is 102 Å². The molecule has 3 heteroatoms. The van der Waals surface area contributed by atoms with Crippen molar-refractivity contribution in [3.05, 3.63) is 34.9 Å². The molecule has 1 unspecified atom stereocenters. The third kappa shape index (κ3) is 2.34. The average molecular weight is 234 g/mol. The molecule has 0 aromatic carbocycles. The second-order valence-electron chi connectivity index (χ2n) is 4.54. The van der Waals surface area contributed by atoms with E-state index in [9.17, 15) is 15.3 Å². The molecule has 0 amide bonds. The first kappa shape index (κ1) is 13.7. The topological polar surface area (TPSA) is 60.7 Å². The van der Waals surface area contributed by atoms with Crippen molar-refractivity contribution < 1.29 is 15.3 Å². The summed E-state index contributed by atoms with van der Waals surface area (Å²) in [5.41, 5.74) is 0.330. The van der Waals surface area contributed by atoms with E-state index < -0.39 is 11.4 Å². The summed E-state index contributed by atoms with van der Waals surface area (Å²) in [7, 11) is 0. The molecular weight excluding hydrogens is 216 g/mol. The molecule has 1 aliphatic rings. The molecule has 0 radical (unpaired) electrons. The SMILES string of the molecule is C=C(C)C#CC1(O)C(C)=CC(O)(O)C(C)=C1C. The van der Waals surface area contributed by atoms with Gasteiger partial charge in [0.05, 0.1) is 0 Å². The summed E-state index contributed by atoms with van der Waals surface area (Å²) in [4.78, 5) is 0. The van der Waals surface area contributed by atoms with Gasteiger partial charge in [0.1, 0.15) is 0 Å². The Morgan fingerprint density at radius 3 is 2.18 bits per heavy atom. The first-order chi connectivity index (χ1) is 7.61. The van der Waals surface area contributed by atoms with Crippen LogP contribution < -0.4 is 0 Å². The van der Waals surface area contributed by atoms with Gasteiger partial charge in [0.25, 0.3) is 0 Å². The van der Waals surface area contributed by atoms with E-state index in [0.29, 0.717) is 22.3 Å².